The second-order valence-electron chi connectivity index (χ2n) is 10.2. The van der Waals surface area contributed by atoms with Crippen LogP contribution in [0.3, 0.4) is 0 Å². The summed E-state index contributed by atoms with van der Waals surface area (Å²) in [5.41, 5.74) is 3.07. The highest BCUT2D eigenvalue weighted by Gasteiger charge is 2.35. The third-order valence-electron chi connectivity index (χ3n) is 7.42. The molecule has 2 fully saturated rings. The number of ether oxygens (including phenoxy) is 2. The van der Waals surface area contributed by atoms with Crippen molar-refractivity contribution in [3.05, 3.63) is 59.8 Å². The molecule has 2 amide bonds. The molecule has 0 bridgehead atoms. The number of thioether (sulfide) groups is 1. The summed E-state index contributed by atoms with van der Waals surface area (Å²) in [6.07, 6.45) is 6.83. The summed E-state index contributed by atoms with van der Waals surface area (Å²) in [5.74, 6) is 0.537. The van der Waals surface area contributed by atoms with Gasteiger partial charge < -0.3 is 19.7 Å². The Morgan fingerprint density at radius 3 is 2.40 bits per heavy atom. The van der Waals surface area contributed by atoms with Crippen LogP contribution >= 0.6 is 11.8 Å². The Bertz CT molecular complexity index is 1230. The zero-order valence-electron chi connectivity index (χ0n) is 23.3. The standard InChI is InChI=1S/C31H38N4O4S/c1-3-28(29(36)32-23-7-5-6-8-23)40-31-33-27(30(37)35(31)25-13-15-26(16-14-25)39-4-2)21-22-9-11-24(12-10-22)34-17-19-38-20-18-34/h9-16,21,23,28H,3-8,17-20H2,1-2H3,(H,32,36)/b27-21+. The van der Waals surface area contributed by atoms with Gasteiger partial charge in [-0.1, -0.05) is 43.7 Å². The zero-order chi connectivity index (χ0) is 27.9. The zero-order valence-corrected chi connectivity index (χ0v) is 24.1. The van der Waals surface area contributed by atoms with E-state index in [9.17, 15) is 9.59 Å². The number of amidine groups is 1. The third kappa shape index (κ3) is 6.70. The van der Waals surface area contributed by atoms with Gasteiger partial charge in [0, 0.05) is 24.8 Å². The normalized spacial score (nSPS) is 19.7. The van der Waals surface area contributed by atoms with E-state index in [1.54, 1.807) is 4.90 Å². The van der Waals surface area contributed by atoms with Gasteiger partial charge in [-0.25, -0.2) is 4.99 Å². The lowest BCUT2D eigenvalue weighted by Crippen LogP contribution is -2.40. The molecule has 2 aromatic carbocycles. The molecule has 0 radical (unpaired) electrons. The number of benzene rings is 2. The van der Waals surface area contributed by atoms with E-state index in [1.807, 2.05) is 56.3 Å². The number of morpholine rings is 1. The lowest BCUT2D eigenvalue weighted by molar-refractivity contribution is -0.121. The second-order valence-corrected chi connectivity index (χ2v) is 11.4. The summed E-state index contributed by atoms with van der Waals surface area (Å²) < 4.78 is 11.1. The summed E-state index contributed by atoms with van der Waals surface area (Å²) in [6, 6.07) is 15.8. The number of anilines is 2. The maximum Gasteiger partial charge on any atom is 0.283 e. The number of aliphatic imine (C=N–C) groups is 1. The number of carbonyl (C=O) groups is 2. The number of hydrogen-bond acceptors (Lipinski definition) is 7. The van der Waals surface area contributed by atoms with Gasteiger partial charge in [0.2, 0.25) is 5.91 Å². The number of hydrogen-bond donors (Lipinski definition) is 1. The monoisotopic (exact) mass is 562 g/mol. The van der Waals surface area contributed by atoms with Gasteiger partial charge in [0.05, 0.1) is 30.8 Å². The first-order valence-electron chi connectivity index (χ1n) is 14.3. The van der Waals surface area contributed by atoms with Crippen LogP contribution in [0.15, 0.2) is 59.2 Å². The van der Waals surface area contributed by atoms with Crippen molar-refractivity contribution in [3.8, 4) is 5.75 Å². The van der Waals surface area contributed by atoms with Gasteiger partial charge in [0.1, 0.15) is 11.4 Å². The SMILES string of the molecule is CCOc1ccc(N2C(=O)/C(=C\c3ccc(N4CCOCC4)cc3)N=C2SC(CC)C(=O)NC2CCCC2)cc1. The molecular weight excluding hydrogens is 524 g/mol. The van der Waals surface area contributed by atoms with Crippen LogP contribution in [0.2, 0.25) is 0 Å². The highest BCUT2D eigenvalue weighted by molar-refractivity contribution is 8.15. The molecule has 0 aromatic heterocycles. The van der Waals surface area contributed by atoms with Crippen LogP contribution in [0.1, 0.15) is 51.5 Å². The Hall–Kier alpha value is -3.30. The van der Waals surface area contributed by atoms with Crippen molar-refractivity contribution in [2.24, 2.45) is 4.99 Å². The molecule has 1 unspecified atom stereocenters. The largest absolute Gasteiger partial charge is 0.494 e. The third-order valence-corrected chi connectivity index (χ3v) is 8.74. The molecule has 2 aromatic rings. The molecule has 40 heavy (non-hydrogen) atoms. The fraction of sp³-hybridized carbons (Fsp3) is 0.452. The van der Waals surface area contributed by atoms with Gasteiger partial charge in [-0.05, 0) is 74.2 Å². The van der Waals surface area contributed by atoms with Crippen LogP contribution < -0.4 is 19.9 Å². The van der Waals surface area contributed by atoms with Crippen molar-refractivity contribution in [3.63, 3.8) is 0 Å². The molecule has 3 aliphatic rings. The number of amides is 2. The lowest BCUT2D eigenvalue weighted by atomic mass is 10.1. The molecule has 212 valence electrons. The Morgan fingerprint density at radius 2 is 1.75 bits per heavy atom. The molecule has 1 N–H and O–H groups in total. The fourth-order valence-corrected chi connectivity index (χ4v) is 6.28. The highest BCUT2D eigenvalue weighted by atomic mass is 32.2. The number of nitrogens with zero attached hydrogens (tertiary/aromatic N) is 3. The molecule has 2 heterocycles. The van der Waals surface area contributed by atoms with E-state index < -0.39 is 0 Å². The molecular formula is C31H38N4O4S. The van der Waals surface area contributed by atoms with Crippen LogP contribution in [0.25, 0.3) is 6.08 Å². The van der Waals surface area contributed by atoms with Gasteiger partial charge in [0.15, 0.2) is 5.17 Å². The van der Waals surface area contributed by atoms with Gasteiger partial charge >= 0.3 is 0 Å². The van der Waals surface area contributed by atoms with E-state index in [0.29, 0.717) is 29.6 Å². The summed E-state index contributed by atoms with van der Waals surface area (Å²) in [4.78, 5) is 35.6. The first-order chi connectivity index (χ1) is 19.6. The van der Waals surface area contributed by atoms with Crippen LogP contribution in [-0.2, 0) is 14.3 Å². The predicted octanol–water partition coefficient (Wildman–Crippen LogP) is 5.24. The first kappa shape index (κ1) is 28.2. The van der Waals surface area contributed by atoms with Crippen LogP contribution in [-0.4, -0.2) is 61.2 Å². The molecule has 9 heteroatoms. The smallest absolute Gasteiger partial charge is 0.283 e. The molecule has 1 atom stereocenters. The highest BCUT2D eigenvalue weighted by Crippen LogP contribution is 2.33. The van der Waals surface area contributed by atoms with E-state index in [2.05, 4.69) is 22.3 Å². The second kappa shape index (κ2) is 13.4. The van der Waals surface area contributed by atoms with Crippen LogP contribution in [0, 0.1) is 0 Å². The minimum absolute atomic E-state index is 0.0114. The summed E-state index contributed by atoms with van der Waals surface area (Å²) in [5, 5.41) is 3.38. The average molecular weight is 563 g/mol. The summed E-state index contributed by atoms with van der Waals surface area (Å²) in [6.45, 7) is 7.70. The quantitative estimate of drug-likeness (QED) is 0.421. The van der Waals surface area contributed by atoms with Gasteiger partial charge in [-0.3, -0.25) is 14.5 Å². The molecule has 1 aliphatic carbocycles. The summed E-state index contributed by atoms with van der Waals surface area (Å²) >= 11 is 1.35. The Labute approximate surface area is 240 Å². The van der Waals surface area contributed by atoms with E-state index in [1.165, 1.54) is 11.8 Å². The van der Waals surface area contributed by atoms with Crippen molar-refractivity contribution in [1.29, 1.82) is 0 Å². The topological polar surface area (TPSA) is 83.5 Å². The summed E-state index contributed by atoms with van der Waals surface area (Å²) in [7, 11) is 0. The first-order valence-corrected chi connectivity index (χ1v) is 15.2. The number of carbonyl (C=O) groups excluding carboxylic acids is 2. The van der Waals surface area contributed by atoms with Crippen LogP contribution in [0.4, 0.5) is 11.4 Å². The fourth-order valence-electron chi connectivity index (χ4n) is 5.24. The average Bonchev–Trinajstić information content (AvgIpc) is 3.60. The molecule has 1 saturated carbocycles. The van der Waals surface area contributed by atoms with E-state index in [4.69, 9.17) is 14.5 Å². The maximum absolute atomic E-state index is 13.7. The lowest BCUT2D eigenvalue weighted by Gasteiger charge is -2.28. The van der Waals surface area contributed by atoms with E-state index >= 15 is 0 Å². The van der Waals surface area contributed by atoms with Crippen molar-refractivity contribution < 1.29 is 19.1 Å². The number of nitrogens with one attached hydrogen (secondary N) is 1. The molecule has 2 aliphatic heterocycles. The van der Waals surface area contributed by atoms with Crippen molar-refractivity contribution >= 4 is 46.2 Å². The van der Waals surface area contributed by atoms with E-state index in [0.717, 1.165) is 69.0 Å². The Kier molecular flexibility index (Phi) is 9.44. The van der Waals surface area contributed by atoms with Crippen LogP contribution in [0.5, 0.6) is 5.75 Å². The molecule has 8 nitrogen and oxygen atoms in total. The van der Waals surface area contributed by atoms with Crippen molar-refractivity contribution in [1.82, 2.24) is 5.32 Å². The van der Waals surface area contributed by atoms with Crippen molar-refractivity contribution in [2.75, 3.05) is 42.7 Å². The molecule has 5 rings (SSSR count). The minimum Gasteiger partial charge on any atom is -0.494 e. The minimum atomic E-state index is -0.343. The maximum atomic E-state index is 13.7. The van der Waals surface area contributed by atoms with Gasteiger partial charge in [0.25, 0.3) is 5.91 Å². The van der Waals surface area contributed by atoms with Gasteiger partial charge in [-0.15, -0.1) is 0 Å². The van der Waals surface area contributed by atoms with E-state index in [-0.39, 0.29) is 23.1 Å². The van der Waals surface area contributed by atoms with Gasteiger partial charge in [-0.2, -0.15) is 0 Å². The Morgan fingerprint density at radius 1 is 1.07 bits per heavy atom. The molecule has 1 saturated heterocycles. The predicted molar refractivity (Wildman–Crippen MR) is 162 cm³/mol. The van der Waals surface area contributed by atoms with Crippen molar-refractivity contribution in [2.45, 2.75) is 57.2 Å². The Balaban J connectivity index is 1.39. The molecule has 0 spiro atoms. The number of rotatable bonds is 9.